The molecule has 0 saturated heterocycles. The molecule has 36 heavy (non-hydrogen) atoms. The Morgan fingerprint density at radius 2 is 0.944 bits per heavy atom. The van der Waals surface area contributed by atoms with E-state index in [4.69, 9.17) is 0 Å². The zero-order valence-corrected chi connectivity index (χ0v) is 20.0. The number of hydrogen-bond acceptors (Lipinski definition) is 4. The molecule has 0 heterocycles. The van der Waals surface area contributed by atoms with Crippen LogP contribution in [-0.4, -0.2) is 22.6 Å². The normalized spacial score (nSPS) is 11.2. The fraction of sp³-hybridized carbons (Fsp3) is 0.0625. The number of phenols is 2. The lowest BCUT2D eigenvalue weighted by molar-refractivity contribution is 0.468. The second-order valence-electron chi connectivity index (χ2n) is 8.31. The Hall–Kier alpha value is -4.70. The molecule has 178 valence electrons. The van der Waals surface area contributed by atoms with Crippen LogP contribution in [0.4, 0.5) is 11.4 Å². The first kappa shape index (κ1) is 24.4. The monoisotopic (exact) mass is 472 g/mol. The molecule has 0 bridgehead atoms. The van der Waals surface area contributed by atoms with Gasteiger partial charge in [-0.2, -0.15) is 0 Å². The molecule has 0 aliphatic heterocycles. The second kappa shape index (κ2) is 11.6. The molecule has 2 N–H and O–H groups in total. The second-order valence-corrected chi connectivity index (χ2v) is 8.31. The summed E-state index contributed by atoms with van der Waals surface area (Å²) in [6.45, 7) is 7.46. The molecule has 0 fully saturated rings. The molecule has 0 amide bonds. The van der Waals surface area contributed by atoms with Gasteiger partial charge in [0.1, 0.15) is 11.5 Å². The Bertz CT molecular complexity index is 1300. The Morgan fingerprint density at radius 1 is 0.556 bits per heavy atom. The number of nitrogens with zero attached hydrogens (tertiary/aromatic N) is 2. The van der Waals surface area contributed by atoms with Crippen LogP contribution in [0.1, 0.15) is 22.3 Å². The molecule has 4 aromatic carbocycles. The lowest BCUT2D eigenvalue weighted by Crippen LogP contribution is -1.88. The quantitative estimate of drug-likeness (QED) is 0.193. The molecular weight excluding hydrogens is 444 g/mol. The SMILES string of the molecule is C=CCc1cccc(C=Nc2ccc(-c3ccc(N=Cc4cccc(CC=C)c4O)cc3)cc2)c1O. The summed E-state index contributed by atoms with van der Waals surface area (Å²) in [4.78, 5) is 9.02. The van der Waals surface area contributed by atoms with Gasteiger partial charge in [-0.3, -0.25) is 9.98 Å². The third kappa shape index (κ3) is 5.86. The number of aliphatic imine (C=N–C) groups is 2. The minimum atomic E-state index is 0.236. The van der Waals surface area contributed by atoms with E-state index in [1.165, 1.54) is 0 Å². The average molecular weight is 473 g/mol. The van der Waals surface area contributed by atoms with Crippen molar-refractivity contribution in [2.75, 3.05) is 0 Å². The van der Waals surface area contributed by atoms with Gasteiger partial charge >= 0.3 is 0 Å². The van der Waals surface area contributed by atoms with Crippen LogP contribution in [0, 0.1) is 0 Å². The van der Waals surface area contributed by atoms with Crippen molar-refractivity contribution in [2.24, 2.45) is 9.98 Å². The molecule has 0 unspecified atom stereocenters. The highest BCUT2D eigenvalue weighted by Gasteiger charge is 2.05. The summed E-state index contributed by atoms with van der Waals surface area (Å²) in [5.41, 5.74) is 6.74. The van der Waals surface area contributed by atoms with Crippen molar-refractivity contribution in [1.82, 2.24) is 0 Å². The van der Waals surface area contributed by atoms with Crippen molar-refractivity contribution < 1.29 is 10.2 Å². The van der Waals surface area contributed by atoms with Crippen LogP contribution in [0.5, 0.6) is 11.5 Å². The van der Waals surface area contributed by atoms with Crippen molar-refractivity contribution >= 4 is 23.8 Å². The molecule has 4 nitrogen and oxygen atoms in total. The number of aromatic hydroxyl groups is 2. The van der Waals surface area contributed by atoms with Crippen molar-refractivity contribution in [3.05, 3.63) is 132 Å². The number of rotatable bonds is 9. The van der Waals surface area contributed by atoms with Gasteiger partial charge in [-0.05, 0) is 71.5 Å². The summed E-state index contributed by atoms with van der Waals surface area (Å²) in [5, 5.41) is 20.8. The topological polar surface area (TPSA) is 65.2 Å². The van der Waals surface area contributed by atoms with E-state index in [9.17, 15) is 10.2 Å². The predicted molar refractivity (Wildman–Crippen MR) is 150 cm³/mol. The summed E-state index contributed by atoms with van der Waals surface area (Å²) in [5.74, 6) is 0.473. The largest absolute Gasteiger partial charge is 0.507 e. The molecule has 0 aliphatic rings. The van der Waals surface area contributed by atoms with E-state index in [-0.39, 0.29) is 11.5 Å². The van der Waals surface area contributed by atoms with Crippen LogP contribution < -0.4 is 0 Å². The van der Waals surface area contributed by atoms with Gasteiger partial charge in [0.2, 0.25) is 0 Å². The van der Waals surface area contributed by atoms with Crippen LogP contribution in [0.25, 0.3) is 11.1 Å². The summed E-state index contributed by atoms with van der Waals surface area (Å²) in [7, 11) is 0. The maximum absolute atomic E-state index is 10.4. The molecule has 0 aromatic heterocycles. The molecule has 0 atom stereocenters. The molecular formula is C32H28N2O2. The van der Waals surface area contributed by atoms with Gasteiger partial charge in [-0.25, -0.2) is 0 Å². The van der Waals surface area contributed by atoms with Gasteiger partial charge in [0.05, 0.1) is 11.4 Å². The highest BCUT2D eigenvalue weighted by Crippen LogP contribution is 2.27. The molecule has 0 aliphatic carbocycles. The van der Waals surface area contributed by atoms with Crippen molar-refractivity contribution in [1.29, 1.82) is 0 Å². The van der Waals surface area contributed by atoms with Gasteiger partial charge in [0.25, 0.3) is 0 Å². The van der Waals surface area contributed by atoms with Gasteiger partial charge in [0.15, 0.2) is 0 Å². The van der Waals surface area contributed by atoms with Crippen molar-refractivity contribution in [3.63, 3.8) is 0 Å². The van der Waals surface area contributed by atoms with E-state index in [1.54, 1.807) is 24.6 Å². The minimum absolute atomic E-state index is 0.236. The smallest absolute Gasteiger partial charge is 0.127 e. The van der Waals surface area contributed by atoms with Gasteiger partial charge in [0, 0.05) is 23.6 Å². The fourth-order valence-electron chi connectivity index (χ4n) is 3.84. The van der Waals surface area contributed by atoms with Crippen LogP contribution >= 0.6 is 0 Å². The Morgan fingerprint density at radius 3 is 1.31 bits per heavy atom. The van der Waals surface area contributed by atoms with Crippen LogP contribution in [0.3, 0.4) is 0 Å². The first-order valence-electron chi connectivity index (χ1n) is 11.7. The Balaban J connectivity index is 1.45. The molecule has 0 radical (unpaired) electrons. The van der Waals surface area contributed by atoms with E-state index < -0.39 is 0 Å². The predicted octanol–water partition coefficient (Wildman–Crippen LogP) is 7.72. The third-order valence-corrected chi connectivity index (χ3v) is 5.80. The number of para-hydroxylation sites is 2. The standard InChI is InChI=1S/C32H28N2O2/c1-3-7-25-9-5-11-27(31(25)35)21-33-29-17-13-23(14-18-29)24-15-19-30(20-16-24)34-22-28-12-6-10-26(8-4-2)32(28)36/h3-6,9-22,35-36H,1-2,7-8H2. The molecule has 4 rings (SSSR count). The van der Waals surface area contributed by atoms with E-state index in [0.29, 0.717) is 24.0 Å². The molecule has 4 aromatic rings. The molecule has 0 saturated carbocycles. The summed E-state index contributed by atoms with van der Waals surface area (Å²) in [6.07, 6.45) is 8.10. The maximum atomic E-state index is 10.4. The average Bonchev–Trinajstić information content (AvgIpc) is 2.90. The highest BCUT2D eigenvalue weighted by atomic mass is 16.3. The first-order chi connectivity index (χ1) is 17.6. The number of hydrogen-bond donors (Lipinski definition) is 2. The first-order valence-corrected chi connectivity index (χ1v) is 11.7. The lowest BCUT2D eigenvalue weighted by Gasteiger charge is -2.05. The van der Waals surface area contributed by atoms with Crippen molar-refractivity contribution in [2.45, 2.75) is 12.8 Å². The maximum Gasteiger partial charge on any atom is 0.127 e. The Kier molecular flexibility index (Phi) is 7.89. The van der Waals surface area contributed by atoms with Gasteiger partial charge in [-0.1, -0.05) is 60.7 Å². The molecule has 0 spiro atoms. The number of benzene rings is 4. The van der Waals surface area contributed by atoms with Crippen LogP contribution in [0.2, 0.25) is 0 Å². The van der Waals surface area contributed by atoms with Crippen LogP contribution in [-0.2, 0) is 12.8 Å². The Labute approximate surface area is 212 Å². The van der Waals surface area contributed by atoms with Crippen molar-refractivity contribution in [3.8, 4) is 22.6 Å². The zero-order valence-electron chi connectivity index (χ0n) is 20.0. The van der Waals surface area contributed by atoms with Gasteiger partial charge < -0.3 is 10.2 Å². The number of phenolic OH excluding ortho intramolecular Hbond substituents is 2. The third-order valence-electron chi connectivity index (χ3n) is 5.80. The highest BCUT2D eigenvalue weighted by molar-refractivity contribution is 5.87. The summed E-state index contributed by atoms with van der Waals surface area (Å²) < 4.78 is 0. The minimum Gasteiger partial charge on any atom is -0.507 e. The van der Waals surface area contributed by atoms with E-state index in [2.05, 4.69) is 23.1 Å². The van der Waals surface area contributed by atoms with Gasteiger partial charge in [-0.15, -0.1) is 13.2 Å². The lowest BCUT2D eigenvalue weighted by atomic mass is 10.0. The van der Waals surface area contributed by atoms with Crippen LogP contribution in [0.15, 0.2) is 120 Å². The molecule has 4 heteroatoms. The summed E-state index contributed by atoms with van der Waals surface area (Å²) >= 11 is 0. The van der Waals surface area contributed by atoms with E-state index >= 15 is 0 Å². The summed E-state index contributed by atoms with van der Waals surface area (Å²) in [6, 6.07) is 27.1. The van der Waals surface area contributed by atoms with E-state index in [0.717, 1.165) is 33.6 Å². The van der Waals surface area contributed by atoms with E-state index in [1.807, 2.05) is 84.9 Å². The fourth-order valence-corrected chi connectivity index (χ4v) is 3.84. The zero-order chi connectivity index (χ0) is 25.3. The number of allylic oxidation sites excluding steroid dienone is 2.